The first-order chi connectivity index (χ1) is 12.8. The second-order valence-electron chi connectivity index (χ2n) is 8.42. The average molecular weight is 375 g/mol. The molecule has 0 saturated heterocycles. The molecule has 0 aromatic heterocycles. The molecule has 1 aromatic rings. The van der Waals surface area contributed by atoms with E-state index in [1.54, 1.807) is 38.4 Å². The smallest absolute Gasteiger partial charge is 0.408 e. The van der Waals surface area contributed by atoms with Crippen LogP contribution < -0.4 is 15.5 Å². The van der Waals surface area contributed by atoms with E-state index in [0.29, 0.717) is 23.3 Å². The van der Waals surface area contributed by atoms with Crippen molar-refractivity contribution >= 4 is 17.7 Å². The Morgan fingerprint density at radius 1 is 1.07 bits per heavy atom. The molecule has 0 radical (unpaired) electrons. The molecule has 0 heterocycles. The minimum absolute atomic E-state index is 0.0765. The maximum atomic E-state index is 12.9. The third kappa shape index (κ3) is 5.60. The summed E-state index contributed by atoms with van der Waals surface area (Å²) >= 11 is 0. The zero-order chi connectivity index (χ0) is 19.6. The summed E-state index contributed by atoms with van der Waals surface area (Å²) in [5, 5.41) is 13.4. The van der Waals surface area contributed by atoms with Gasteiger partial charge in [0.15, 0.2) is 0 Å². The summed E-state index contributed by atoms with van der Waals surface area (Å²) in [6.07, 6.45) is 3.69. The Morgan fingerprint density at radius 2 is 1.63 bits per heavy atom. The van der Waals surface area contributed by atoms with Crippen molar-refractivity contribution in [3.8, 4) is 5.75 Å². The van der Waals surface area contributed by atoms with Crippen molar-refractivity contribution < 1.29 is 19.1 Å². The van der Waals surface area contributed by atoms with Crippen LogP contribution in [0.15, 0.2) is 24.3 Å². The van der Waals surface area contributed by atoms with Gasteiger partial charge >= 0.3 is 12.1 Å². The third-order valence-electron chi connectivity index (χ3n) is 4.83. The van der Waals surface area contributed by atoms with Crippen molar-refractivity contribution in [1.29, 1.82) is 0 Å². The van der Waals surface area contributed by atoms with E-state index >= 15 is 0 Å². The van der Waals surface area contributed by atoms with Crippen LogP contribution in [0.1, 0.15) is 46.5 Å². The van der Waals surface area contributed by atoms with Crippen molar-refractivity contribution in [2.45, 2.75) is 58.1 Å². The van der Waals surface area contributed by atoms with Gasteiger partial charge in [0, 0.05) is 5.69 Å². The quantitative estimate of drug-likeness (QED) is 0.427. The van der Waals surface area contributed by atoms with Gasteiger partial charge in [-0.2, -0.15) is 0 Å². The van der Waals surface area contributed by atoms with Crippen LogP contribution >= 0.6 is 0 Å². The Balaban J connectivity index is 1.73. The minimum atomic E-state index is -0.739. The molecule has 2 fully saturated rings. The standard InChI is InChI=1S/C20H27N2O5/c1-20(2,3)27-19(24)21-17(16(12-4-5-12)13-6-7-13)18(23)26-15-10-8-14(22-25)9-11-15/h8-13,16-17,22H,4-7H2,1-3H3,(H,21,24)/q-1/t17-/m0/s1. The van der Waals surface area contributed by atoms with Crippen LogP contribution in [-0.4, -0.2) is 23.7 Å². The molecule has 7 heteroatoms. The van der Waals surface area contributed by atoms with Gasteiger partial charge in [0.05, 0.1) is 0 Å². The van der Waals surface area contributed by atoms with Gasteiger partial charge in [-0.25, -0.2) is 9.59 Å². The van der Waals surface area contributed by atoms with Crippen LogP contribution in [0.25, 0.3) is 0 Å². The largest absolute Gasteiger partial charge is 0.761 e. The molecule has 2 aliphatic carbocycles. The normalized spacial score (nSPS) is 18.0. The molecule has 3 rings (SSSR count). The number of hydrogen-bond acceptors (Lipinski definition) is 6. The molecule has 0 spiro atoms. The number of hydrogen-bond donors (Lipinski definition) is 2. The van der Waals surface area contributed by atoms with Crippen molar-refractivity contribution in [2.24, 2.45) is 17.8 Å². The van der Waals surface area contributed by atoms with Gasteiger partial charge in [-0.3, -0.25) is 0 Å². The highest BCUT2D eigenvalue weighted by atomic mass is 16.6. The molecule has 2 aliphatic rings. The number of rotatable bonds is 7. The highest BCUT2D eigenvalue weighted by molar-refractivity contribution is 5.83. The van der Waals surface area contributed by atoms with Crippen LogP contribution in [-0.2, 0) is 9.53 Å². The van der Waals surface area contributed by atoms with Crippen molar-refractivity contribution in [1.82, 2.24) is 5.32 Å². The highest BCUT2D eigenvalue weighted by Gasteiger charge is 2.49. The number of carbonyl (C=O) groups excluding carboxylic acids is 2. The average Bonchev–Trinajstić information content (AvgIpc) is 3.47. The van der Waals surface area contributed by atoms with Gasteiger partial charge < -0.3 is 25.5 Å². The molecule has 0 bridgehead atoms. The summed E-state index contributed by atoms with van der Waals surface area (Å²) in [7, 11) is 0. The summed E-state index contributed by atoms with van der Waals surface area (Å²) in [4.78, 5) is 25.2. The third-order valence-corrected chi connectivity index (χ3v) is 4.83. The molecule has 7 nitrogen and oxygen atoms in total. The molecular formula is C20H27N2O5-. The lowest BCUT2D eigenvalue weighted by atomic mass is 9.89. The van der Waals surface area contributed by atoms with Crippen molar-refractivity contribution in [3.63, 3.8) is 0 Å². The molecule has 1 aromatic carbocycles. The summed E-state index contributed by atoms with van der Waals surface area (Å²) < 4.78 is 10.9. The number of nitrogens with one attached hydrogen (secondary N) is 2. The van der Waals surface area contributed by atoms with Crippen LogP contribution in [0.5, 0.6) is 5.75 Å². The van der Waals surface area contributed by atoms with E-state index in [2.05, 4.69) is 5.32 Å². The van der Waals surface area contributed by atoms with E-state index in [4.69, 9.17) is 9.47 Å². The van der Waals surface area contributed by atoms with E-state index in [-0.39, 0.29) is 5.92 Å². The zero-order valence-corrected chi connectivity index (χ0v) is 16.0. The van der Waals surface area contributed by atoms with Gasteiger partial charge in [-0.15, -0.1) is 0 Å². The summed E-state index contributed by atoms with van der Waals surface area (Å²) in [6.45, 7) is 5.35. The Hall–Kier alpha value is -2.28. The molecule has 0 unspecified atom stereocenters. The first-order valence-corrected chi connectivity index (χ1v) is 9.46. The molecular weight excluding hydrogens is 348 g/mol. The monoisotopic (exact) mass is 375 g/mol. The maximum Gasteiger partial charge on any atom is 0.408 e. The van der Waals surface area contributed by atoms with Gasteiger partial charge in [0.25, 0.3) is 0 Å². The summed E-state index contributed by atoms with van der Waals surface area (Å²) in [5.41, 5.74) is 1.52. The SMILES string of the molecule is CC(C)(C)OC(=O)N[C@H](C(=O)Oc1ccc(N[O-])cc1)C(C1CC1)C1CC1. The lowest BCUT2D eigenvalue weighted by Gasteiger charge is -2.28. The maximum absolute atomic E-state index is 12.9. The number of esters is 1. The van der Waals surface area contributed by atoms with Gasteiger partial charge in [-0.1, -0.05) is 0 Å². The number of benzene rings is 1. The van der Waals surface area contributed by atoms with Gasteiger partial charge in [-0.05, 0) is 88.5 Å². The molecule has 2 N–H and O–H groups in total. The fraction of sp³-hybridized carbons (Fsp3) is 0.600. The second-order valence-corrected chi connectivity index (χ2v) is 8.42. The number of ether oxygens (including phenoxy) is 2. The van der Waals surface area contributed by atoms with E-state index in [1.165, 1.54) is 12.1 Å². The van der Waals surface area contributed by atoms with E-state index in [0.717, 1.165) is 25.7 Å². The summed E-state index contributed by atoms with van der Waals surface area (Å²) in [5.74, 6) is 0.800. The lowest BCUT2D eigenvalue weighted by molar-refractivity contribution is -0.138. The Kier molecular flexibility index (Phi) is 5.60. The Labute approximate surface area is 159 Å². The van der Waals surface area contributed by atoms with E-state index in [1.807, 2.05) is 0 Å². The van der Waals surface area contributed by atoms with Gasteiger partial charge in [0.1, 0.15) is 17.4 Å². The van der Waals surface area contributed by atoms with Crippen LogP contribution in [0.4, 0.5) is 10.5 Å². The molecule has 27 heavy (non-hydrogen) atoms. The minimum Gasteiger partial charge on any atom is -0.761 e. The zero-order valence-electron chi connectivity index (χ0n) is 16.0. The fourth-order valence-electron chi connectivity index (χ4n) is 3.41. The Morgan fingerprint density at radius 3 is 2.07 bits per heavy atom. The topological polar surface area (TPSA) is 99.7 Å². The number of carbonyl (C=O) groups is 2. The molecule has 1 amide bonds. The predicted molar refractivity (Wildman–Crippen MR) is 101 cm³/mol. The Bertz CT molecular complexity index is 663. The van der Waals surface area contributed by atoms with Crippen molar-refractivity contribution in [3.05, 3.63) is 29.5 Å². The van der Waals surface area contributed by atoms with Crippen LogP contribution in [0.3, 0.4) is 0 Å². The number of amides is 1. The molecule has 2 saturated carbocycles. The number of alkyl carbamates (subject to hydrolysis) is 1. The fourth-order valence-corrected chi connectivity index (χ4v) is 3.41. The van der Waals surface area contributed by atoms with E-state index < -0.39 is 23.7 Å². The molecule has 0 aliphatic heterocycles. The highest BCUT2D eigenvalue weighted by Crippen LogP contribution is 2.51. The first kappa shape index (κ1) is 19.5. The second kappa shape index (κ2) is 7.76. The van der Waals surface area contributed by atoms with Crippen LogP contribution in [0.2, 0.25) is 0 Å². The van der Waals surface area contributed by atoms with Gasteiger partial charge in [0.2, 0.25) is 0 Å². The lowest BCUT2D eigenvalue weighted by Crippen LogP contribution is -2.50. The number of anilines is 1. The predicted octanol–water partition coefficient (Wildman–Crippen LogP) is 3.83. The van der Waals surface area contributed by atoms with Crippen molar-refractivity contribution in [2.75, 3.05) is 5.48 Å². The first-order valence-electron chi connectivity index (χ1n) is 9.46. The summed E-state index contributed by atoms with van der Waals surface area (Å²) in [6, 6.07) is 5.42. The van der Waals surface area contributed by atoms with E-state index in [9.17, 15) is 14.8 Å². The molecule has 1 atom stereocenters. The van der Waals surface area contributed by atoms with Crippen LogP contribution in [0, 0.1) is 23.0 Å². The molecule has 148 valence electrons.